The highest BCUT2D eigenvalue weighted by atomic mass is 127. The fraction of sp³-hybridized carbons (Fsp3) is 0.587. The number of hydrogen-bond acceptors (Lipinski definition) is 12. The number of nitrogens with zero attached hydrogens (tertiary/aromatic N) is 3. The van der Waals surface area contributed by atoms with Crippen LogP contribution in [0.2, 0.25) is 0 Å². The van der Waals surface area contributed by atoms with E-state index in [1.165, 1.54) is 21.1 Å². The third-order valence-electron chi connectivity index (χ3n) is 15.7. The minimum Gasteiger partial charge on any atom is -0.496 e. The van der Waals surface area contributed by atoms with Crippen molar-refractivity contribution in [3.05, 3.63) is 65.9 Å². The third-order valence-corrected chi connectivity index (χ3v) is 18.5. The van der Waals surface area contributed by atoms with Crippen molar-refractivity contribution in [3.63, 3.8) is 0 Å². The van der Waals surface area contributed by atoms with Crippen molar-refractivity contribution < 1.29 is 43.5 Å². The first-order chi connectivity index (χ1) is 29.0. The van der Waals surface area contributed by atoms with Crippen molar-refractivity contribution in [2.75, 3.05) is 66.0 Å². The Hall–Kier alpha value is -2.97. The minimum atomic E-state index is -2.31. The highest BCUT2D eigenvalue weighted by Crippen LogP contribution is 2.68. The van der Waals surface area contributed by atoms with Gasteiger partial charge in [-0.3, -0.25) is 19.4 Å². The Bertz CT molecular complexity index is 2370. The molecule has 1 aliphatic carbocycles. The minimum absolute atomic E-state index is 0.108. The Kier molecular flexibility index (Phi) is 10.7. The number of fused-ring (bicyclic) bond motifs is 6. The summed E-state index contributed by atoms with van der Waals surface area (Å²) in [6, 6.07) is 7.15. The van der Waals surface area contributed by atoms with E-state index in [9.17, 15) is 19.8 Å². The lowest BCUT2D eigenvalue weighted by Crippen LogP contribution is -2.81. The van der Waals surface area contributed by atoms with Gasteiger partial charge in [0, 0.05) is 98.1 Å². The number of likely N-dealkylation sites (N-methyl/N-ethyl adjacent to an activating group) is 1. The van der Waals surface area contributed by atoms with Gasteiger partial charge in [0.05, 0.1) is 33.0 Å². The van der Waals surface area contributed by atoms with Gasteiger partial charge in [-0.1, -0.05) is 26.0 Å². The predicted molar refractivity (Wildman–Crippen MR) is 246 cm³/mol. The molecule has 3 fully saturated rings. The first-order valence-corrected chi connectivity index (χ1v) is 23.6. The zero-order valence-corrected chi connectivity index (χ0v) is 40.2. The van der Waals surface area contributed by atoms with Crippen LogP contribution in [0.1, 0.15) is 75.3 Å². The van der Waals surface area contributed by atoms with Crippen molar-refractivity contribution >= 4 is 79.7 Å². The molecule has 2 aromatic carbocycles. The number of benzene rings is 2. The Balaban J connectivity index is 1.37. The molecule has 1 aromatic heterocycles. The molecular weight excluding hydrogens is 1010 g/mol. The summed E-state index contributed by atoms with van der Waals surface area (Å²) in [7, 11) is 6.17. The molecule has 2 bridgehead atoms. The molecule has 2 unspecified atom stereocenters. The highest BCUT2D eigenvalue weighted by Gasteiger charge is 2.80. The second-order valence-corrected chi connectivity index (χ2v) is 20.8. The number of aliphatic hydroxyl groups is 2. The molecule has 3 N–H and O–H groups in total. The normalized spacial score (nSPS) is 36.2. The average Bonchev–Trinajstić information content (AvgIpc) is 3.89. The summed E-state index contributed by atoms with van der Waals surface area (Å²) >= 11 is 4.72. The van der Waals surface area contributed by atoms with Crippen LogP contribution in [0.25, 0.3) is 10.9 Å². The summed E-state index contributed by atoms with van der Waals surface area (Å²) in [6.45, 7) is 8.61. The topological polar surface area (TPSA) is 154 Å². The summed E-state index contributed by atoms with van der Waals surface area (Å²) in [6.07, 6.45) is 5.92. The molecule has 1 saturated carbocycles. The van der Waals surface area contributed by atoms with Crippen molar-refractivity contribution in [2.45, 2.75) is 99.5 Å². The standard InChI is InChI=1S/C46H56I2N4O9/c1-8-42(56)21-26-22-45(40(54)59-6,36-27(11-15-51(23-26)24-42)28-17-31(47)32(48)19-33(28)49-36)30-18-29-34(20-35(30)58-5)50(4)38-44(29)13-16-52-14-10-12-43(9-2,37(44)52)39(61-25(3)53)46(38,57)41(55)60-7/h10,12,17-20,26,37-39,49,56-57H,8-9,11,13-16,21-24H2,1-7H3/t26-,37+,38?,39-,42+,43-,44-,45+,46+/m1/s1. The van der Waals surface area contributed by atoms with Gasteiger partial charge in [-0.15, -0.1) is 0 Å². The van der Waals surface area contributed by atoms with Crippen molar-refractivity contribution in [3.8, 4) is 5.75 Å². The second-order valence-electron chi connectivity index (χ2n) is 18.5. The van der Waals surface area contributed by atoms with Gasteiger partial charge >= 0.3 is 17.9 Å². The number of rotatable bonds is 7. The summed E-state index contributed by atoms with van der Waals surface area (Å²) in [5.41, 5.74) is -1.66. The molecule has 2 saturated heterocycles. The van der Waals surface area contributed by atoms with Gasteiger partial charge in [-0.25, -0.2) is 4.79 Å². The van der Waals surface area contributed by atoms with E-state index in [2.05, 4.69) is 90.3 Å². The van der Waals surface area contributed by atoms with Crippen LogP contribution in [0.5, 0.6) is 5.75 Å². The molecule has 15 heteroatoms. The smallest absolute Gasteiger partial charge is 0.344 e. The number of aromatic nitrogens is 1. The number of halogens is 2. The number of hydrogen-bond donors (Lipinski definition) is 3. The first kappa shape index (κ1) is 43.3. The molecule has 1 spiro atoms. The second kappa shape index (κ2) is 15.1. The monoisotopic (exact) mass is 1060 g/mol. The number of aromatic amines is 1. The van der Waals surface area contributed by atoms with Gasteiger partial charge in [-0.2, -0.15) is 0 Å². The summed E-state index contributed by atoms with van der Waals surface area (Å²) in [4.78, 5) is 53.5. The summed E-state index contributed by atoms with van der Waals surface area (Å²) < 4.78 is 26.2. The molecule has 328 valence electrons. The molecule has 0 amide bonds. The molecule has 9 rings (SSSR count). The van der Waals surface area contributed by atoms with E-state index >= 15 is 4.79 Å². The van der Waals surface area contributed by atoms with Crippen LogP contribution >= 0.6 is 45.2 Å². The highest BCUT2D eigenvalue weighted by molar-refractivity contribution is 14.1. The van der Waals surface area contributed by atoms with E-state index in [-0.39, 0.29) is 12.0 Å². The van der Waals surface area contributed by atoms with E-state index in [1.54, 1.807) is 7.11 Å². The van der Waals surface area contributed by atoms with Gasteiger partial charge < -0.3 is 39.0 Å². The van der Waals surface area contributed by atoms with Gasteiger partial charge in [0.2, 0.25) is 5.60 Å². The maximum Gasteiger partial charge on any atom is 0.344 e. The van der Waals surface area contributed by atoms with Crippen LogP contribution in [0.3, 0.4) is 0 Å². The maximum atomic E-state index is 15.5. The quantitative estimate of drug-likeness (QED) is 0.124. The molecular formula is C46H56I2N4O9. The van der Waals surface area contributed by atoms with Crippen LogP contribution in [-0.4, -0.2) is 133 Å². The number of piperidine rings is 1. The SMILES string of the molecule is CC[C@]1(O)C[C@H]2CN(CCc3c([nH]c4cc(I)c(I)cc34)[C@@](C(=O)OC)(c3cc4c(cc3OC)N(C)C3[C@]45CCN4CC=C[C@@](CC)([C@@H](OC(C)=O)[C@]3(O)C(=O)OC)[C@H]45)C2)C1. The lowest BCUT2D eigenvalue weighted by molar-refractivity contribution is -0.228. The predicted octanol–water partition coefficient (Wildman–Crippen LogP) is 5.20. The Morgan fingerprint density at radius 1 is 0.934 bits per heavy atom. The van der Waals surface area contributed by atoms with Crippen molar-refractivity contribution in [2.24, 2.45) is 11.3 Å². The third kappa shape index (κ3) is 5.84. The molecule has 10 atom stereocenters. The number of esters is 3. The molecule has 61 heavy (non-hydrogen) atoms. The summed E-state index contributed by atoms with van der Waals surface area (Å²) in [5.74, 6) is -1.57. The fourth-order valence-electron chi connectivity index (χ4n) is 13.6. The summed E-state index contributed by atoms with van der Waals surface area (Å²) in [5, 5.41) is 26.5. The van der Waals surface area contributed by atoms with Crippen molar-refractivity contribution in [1.82, 2.24) is 14.8 Å². The lowest BCUT2D eigenvalue weighted by Gasteiger charge is -2.63. The zero-order valence-electron chi connectivity index (χ0n) is 35.9. The van der Waals surface area contributed by atoms with Crippen molar-refractivity contribution in [1.29, 1.82) is 0 Å². The van der Waals surface area contributed by atoms with E-state index < -0.39 is 57.5 Å². The number of ether oxygens (including phenoxy) is 4. The van der Waals surface area contributed by atoms with E-state index in [1.807, 2.05) is 31.9 Å². The molecule has 5 aliphatic heterocycles. The van der Waals surface area contributed by atoms with Crippen LogP contribution in [0, 0.1) is 18.5 Å². The van der Waals surface area contributed by atoms with Crippen LogP contribution in [0.4, 0.5) is 5.69 Å². The largest absolute Gasteiger partial charge is 0.496 e. The molecule has 6 aliphatic rings. The Morgan fingerprint density at radius 2 is 1.67 bits per heavy atom. The van der Waals surface area contributed by atoms with Gasteiger partial charge in [0.25, 0.3) is 0 Å². The van der Waals surface area contributed by atoms with Gasteiger partial charge in [-0.05, 0) is 125 Å². The van der Waals surface area contributed by atoms with Crippen LogP contribution < -0.4 is 9.64 Å². The zero-order chi connectivity index (χ0) is 43.6. The van der Waals surface area contributed by atoms with E-state index in [4.69, 9.17) is 18.9 Å². The maximum absolute atomic E-state index is 15.5. The molecule has 13 nitrogen and oxygen atoms in total. The lowest BCUT2D eigenvalue weighted by atomic mass is 9.47. The van der Waals surface area contributed by atoms with Gasteiger partial charge in [0.15, 0.2) is 6.10 Å². The van der Waals surface area contributed by atoms with E-state index in [0.29, 0.717) is 82.6 Å². The first-order valence-electron chi connectivity index (χ1n) is 21.4. The number of carbonyl (C=O) groups excluding carboxylic acids is 3. The number of carbonyl (C=O) groups is 3. The number of anilines is 1. The average molecular weight is 1060 g/mol. The number of nitrogens with one attached hydrogen (secondary N) is 1. The Labute approximate surface area is 384 Å². The number of H-pyrrole nitrogens is 1. The van der Waals surface area contributed by atoms with Crippen LogP contribution in [0.15, 0.2) is 36.4 Å². The van der Waals surface area contributed by atoms with Gasteiger partial charge in [0.1, 0.15) is 11.2 Å². The fourth-order valence-corrected chi connectivity index (χ4v) is 14.5. The van der Waals surface area contributed by atoms with E-state index in [0.717, 1.165) is 40.6 Å². The molecule has 0 radical (unpaired) electrons. The molecule has 3 aromatic rings. The van der Waals surface area contributed by atoms with Crippen LogP contribution in [-0.2, 0) is 45.8 Å². The Morgan fingerprint density at radius 3 is 2.34 bits per heavy atom. The molecule has 6 heterocycles. The number of methoxy groups -OCH3 is 3.